The lowest BCUT2D eigenvalue weighted by atomic mass is 10.9. The van der Waals surface area contributed by atoms with Gasteiger partial charge in [-0.05, 0) is 23.3 Å². The van der Waals surface area contributed by atoms with Gasteiger partial charge in [-0.25, -0.2) is 10.8 Å². The van der Waals surface area contributed by atoms with Gasteiger partial charge in [-0.3, -0.25) is 5.43 Å². The van der Waals surface area contributed by atoms with E-state index in [1.54, 1.807) is 0 Å². The number of nitrogen functional groups attached to an aromatic ring is 1. The molecule has 84 valence electrons. The van der Waals surface area contributed by atoms with Crippen molar-refractivity contribution in [3.8, 4) is 6.01 Å². The second kappa shape index (κ2) is 5.01. The van der Waals surface area contributed by atoms with Crippen LogP contribution in [-0.2, 0) is 0 Å². The van der Waals surface area contributed by atoms with Crippen LogP contribution in [0.4, 0.5) is 5.95 Å². The summed E-state index contributed by atoms with van der Waals surface area (Å²) < 4.78 is 9.52. The number of hydrogen-bond donors (Lipinski definition) is 2. The SMILES string of the molecule is COc1nc(NN)nc(Sc2ncns2)n1. The summed E-state index contributed by atoms with van der Waals surface area (Å²) in [5.41, 5.74) is 2.33. The van der Waals surface area contributed by atoms with Crippen LogP contribution in [0, 0.1) is 0 Å². The normalized spacial score (nSPS) is 10.1. The molecule has 0 saturated heterocycles. The predicted octanol–water partition coefficient (Wildman–Crippen LogP) is 0.169. The smallest absolute Gasteiger partial charge is 0.322 e. The molecule has 0 spiro atoms. The van der Waals surface area contributed by atoms with Crippen LogP contribution in [-0.4, -0.2) is 31.4 Å². The summed E-state index contributed by atoms with van der Waals surface area (Å²) in [7, 11) is 1.47. The van der Waals surface area contributed by atoms with Crippen molar-refractivity contribution >= 4 is 29.2 Å². The molecule has 0 bridgehead atoms. The Labute approximate surface area is 98.8 Å². The molecular formula is C6H7N7OS2. The summed E-state index contributed by atoms with van der Waals surface area (Å²) in [6.45, 7) is 0. The Morgan fingerprint density at radius 2 is 2.31 bits per heavy atom. The maximum Gasteiger partial charge on any atom is 0.322 e. The van der Waals surface area contributed by atoms with E-state index < -0.39 is 0 Å². The number of methoxy groups -OCH3 is 1. The van der Waals surface area contributed by atoms with E-state index in [-0.39, 0.29) is 12.0 Å². The Kier molecular flexibility index (Phi) is 3.44. The quantitative estimate of drug-likeness (QED) is 0.584. The van der Waals surface area contributed by atoms with E-state index in [4.69, 9.17) is 10.6 Å². The number of nitrogens with two attached hydrogens (primary N) is 1. The average molecular weight is 257 g/mol. The van der Waals surface area contributed by atoms with Crippen LogP contribution in [0.15, 0.2) is 15.8 Å². The number of nitrogens with zero attached hydrogens (tertiary/aromatic N) is 5. The summed E-state index contributed by atoms with van der Waals surface area (Å²) in [4.78, 5) is 15.9. The minimum atomic E-state index is 0.190. The molecule has 2 aromatic heterocycles. The molecule has 0 aromatic carbocycles. The van der Waals surface area contributed by atoms with Gasteiger partial charge >= 0.3 is 6.01 Å². The number of ether oxygens (including phenoxy) is 1. The van der Waals surface area contributed by atoms with E-state index in [9.17, 15) is 0 Å². The highest BCUT2D eigenvalue weighted by atomic mass is 32.2. The zero-order valence-corrected chi connectivity index (χ0v) is 9.75. The third kappa shape index (κ3) is 2.53. The van der Waals surface area contributed by atoms with Crippen LogP contribution in [0.5, 0.6) is 6.01 Å². The third-order valence-electron chi connectivity index (χ3n) is 1.43. The van der Waals surface area contributed by atoms with Crippen LogP contribution >= 0.6 is 23.3 Å². The molecule has 16 heavy (non-hydrogen) atoms. The van der Waals surface area contributed by atoms with Crippen molar-refractivity contribution < 1.29 is 4.74 Å². The van der Waals surface area contributed by atoms with Crippen molar-refractivity contribution in [3.05, 3.63) is 6.33 Å². The topological polar surface area (TPSA) is 112 Å². The fraction of sp³-hybridized carbons (Fsp3) is 0.167. The van der Waals surface area contributed by atoms with Crippen LogP contribution in [0.3, 0.4) is 0 Å². The molecule has 8 nitrogen and oxygen atoms in total. The van der Waals surface area contributed by atoms with E-state index in [2.05, 4.69) is 29.7 Å². The number of anilines is 1. The summed E-state index contributed by atoms with van der Waals surface area (Å²) >= 11 is 2.51. The van der Waals surface area contributed by atoms with Crippen LogP contribution in [0.25, 0.3) is 0 Å². The highest BCUT2D eigenvalue weighted by molar-refractivity contribution is 8.00. The van der Waals surface area contributed by atoms with E-state index >= 15 is 0 Å². The summed E-state index contributed by atoms with van der Waals surface area (Å²) in [6.07, 6.45) is 1.47. The molecule has 2 rings (SSSR count). The maximum atomic E-state index is 5.22. The minimum Gasteiger partial charge on any atom is -0.467 e. The highest BCUT2D eigenvalue weighted by Gasteiger charge is 2.09. The monoisotopic (exact) mass is 257 g/mol. The van der Waals surface area contributed by atoms with Gasteiger partial charge in [-0.2, -0.15) is 19.3 Å². The lowest BCUT2D eigenvalue weighted by Gasteiger charge is -2.03. The average Bonchev–Trinajstić information content (AvgIpc) is 2.81. The van der Waals surface area contributed by atoms with Gasteiger partial charge in [-0.1, -0.05) is 0 Å². The predicted molar refractivity (Wildman–Crippen MR) is 58.2 cm³/mol. The molecule has 0 amide bonds. The van der Waals surface area contributed by atoms with Gasteiger partial charge in [0.1, 0.15) is 6.33 Å². The number of hydrogen-bond acceptors (Lipinski definition) is 10. The minimum absolute atomic E-state index is 0.190. The standard InChI is InChI=1S/C6H7N7OS2/c1-14-4-10-3(13-7)11-5(12-4)15-6-8-2-9-16-6/h2H,7H2,1H3,(H,10,11,12,13). The Bertz CT molecular complexity index is 440. The molecule has 0 aliphatic carbocycles. The number of hydrazine groups is 1. The van der Waals surface area contributed by atoms with Crippen molar-refractivity contribution in [3.63, 3.8) is 0 Å². The second-order valence-electron chi connectivity index (χ2n) is 2.38. The van der Waals surface area contributed by atoms with Crippen molar-refractivity contribution in [2.75, 3.05) is 12.5 Å². The Morgan fingerprint density at radius 1 is 1.44 bits per heavy atom. The molecule has 0 radical (unpaired) electrons. The van der Waals surface area contributed by atoms with Crippen molar-refractivity contribution in [1.29, 1.82) is 0 Å². The molecule has 0 saturated carbocycles. The number of aromatic nitrogens is 5. The first-order chi connectivity index (χ1) is 7.81. The first-order valence-corrected chi connectivity index (χ1v) is 5.62. The Hall–Kier alpha value is -1.52. The number of rotatable bonds is 4. The van der Waals surface area contributed by atoms with Crippen molar-refractivity contribution in [2.45, 2.75) is 9.50 Å². The van der Waals surface area contributed by atoms with Crippen LogP contribution in [0.2, 0.25) is 0 Å². The highest BCUT2D eigenvalue weighted by Crippen LogP contribution is 2.26. The van der Waals surface area contributed by atoms with Gasteiger partial charge in [0.05, 0.1) is 7.11 Å². The fourth-order valence-electron chi connectivity index (χ4n) is 0.826. The fourth-order valence-corrected chi connectivity index (χ4v) is 2.12. The molecule has 2 aromatic rings. The first-order valence-electron chi connectivity index (χ1n) is 4.03. The summed E-state index contributed by atoms with van der Waals surface area (Å²) in [5.74, 6) is 5.46. The Morgan fingerprint density at radius 3 is 2.94 bits per heavy atom. The lowest BCUT2D eigenvalue weighted by Crippen LogP contribution is -2.12. The van der Waals surface area contributed by atoms with Gasteiger partial charge in [0.15, 0.2) is 4.34 Å². The maximum absolute atomic E-state index is 5.22. The van der Waals surface area contributed by atoms with E-state index in [1.165, 1.54) is 36.7 Å². The first kappa shape index (κ1) is 11.0. The molecule has 2 heterocycles. The second-order valence-corrected chi connectivity index (χ2v) is 4.38. The third-order valence-corrected chi connectivity index (χ3v) is 3.01. The molecule has 10 heteroatoms. The largest absolute Gasteiger partial charge is 0.467 e. The van der Waals surface area contributed by atoms with E-state index in [1.807, 2.05) is 0 Å². The van der Waals surface area contributed by atoms with E-state index in [0.717, 1.165) is 4.34 Å². The van der Waals surface area contributed by atoms with Gasteiger partial charge in [0, 0.05) is 0 Å². The van der Waals surface area contributed by atoms with Crippen molar-refractivity contribution in [2.24, 2.45) is 5.84 Å². The van der Waals surface area contributed by atoms with Crippen LogP contribution < -0.4 is 16.0 Å². The number of nitrogens with one attached hydrogen (secondary N) is 1. The molecular weight excluding hydrogens is 250 g/mol. The molecule has 0 aliphatic rings. The Balaban J connectivity index is 2.26. The van der Waals surface area contributed by atoms with Gasteiger partial charge in [-0.15, -0.1) is 0 Å². The summed E-state index contributed by atoms with van der Waals surface area (Å²) in [6, 6.07) is 0.190. The molecule has 3 N–H and O–H groups in total. The van der Waals surface area contributed by atoms with Crippen LogP contribution in [0.1, 0.15) is 0 Å². The van der Waals surface area contributed by atoms with Gasteiger partial charge < -0.3 is 4.74 Å². The molecule has 0 aliphatic heterocycles. The zero-order valence-electron chi connectivity index (χ0n) is 8.12. The van der Waals surface area contributed by atoms with Gasteiger partial charge in [0.2, 0.25) is 11.1 Å². The molecule has 0 unspecified atom stereocenters. The van der Waals surface area contributed by atoms with Crippen molar-refractivity contribution in [1.82, 2.24) is 24.3 Å². The lowest BCUT2D eigenvalue weighted by molar-refractivity contribution is 0.373. The molecule has 0 atom stereocenters. The molecule has 0 fully saturated rings. The summed E-state index contributed by atoms with van der Waals surface area (Å²) in [5, 5.41) is 0.441. The zero-order chi connectivity index (χ0) is 11.4. The van der Waals surface area contributed by atoms with Gasteiger partial charge in [0.25, 0.3) is 0 Å². The van der Waals surface area contributed by atoms with E-state index in [0.29, 0.717) is 5.16 Å².